The molecule has 3 rings (SSSR count). The first-order valence-corrected chi connectivity index (χ1v) is 13.8. The summed E-state index contributed by atoms with van der Waals surface area (Å²) in [6, 6.07) is -3.06. The molecule has 1 unspecified atom stereocenters. The molecule has 10 nitrogen and oxygen atoms in total. The van der Waals surface area contributed by atoms with Gasteiger partial charge in [-0.25, -0.2) is 4.79 Å². The summed E-state index contributed by atoms with van der Waals surface area (Å²) in [4.78, 5) is 65.3. The highest BCUT2D eigenvalue weighted by Crippen LogP contribution is 2.65. The van der Waals surface area contributed by atoms with E-state index in [1.807, 2.05) is 0 Å². The molecular formula is C25H38Cl2N4O6. The number of alkyl carbamates (subject to hydrolysis) is 1. The first-order valence-electron chi connectivity index (χ1n) is 13.0. The average Bonchev–Trinajstić information content (AvgIpc) is 3.14. The van der Waals surface area contributed by atoms with E-state index in [0.29, 0.717) is 6.42 Å². The molecule has 0 aromatic heterocycles. The zero-order valence-electron chi connectivity index (χ0n) is 21.9. The second kappa shape index (κ2) is 11.4. The van der Waals surface area contributed by atoms with E-state index in [-0.39, 0.29) is 24.8 Å². The van der Waals surface area contributed by atoms with E-state index in [2.05, 4.69) is 10.6 Å². The number of rotatable bonds is 9. The van der Waals surface area contributed by atoms with Gasteiger partial charge in [0.1, 0.15) is 22.0 Å². The van der Waals surface area contributed by atoms with Gasteiger partial charge in [0, 0.05) is 18.4 Å². The van der Waals surface area contributed by atoms with E-state index in [1.165, 1.54) is 4.90 Å². The van der Waals surface area contributed by atoms with Gasteiger partial charge in [0.25, 0.3) is 5.91 Å². The molecule has 0 aromatic carbocycles. The van der Waals surface area contributed by atoms with Crippen molar-refractivity contribution in [2.45, 2.75) is 101 Å². The summed E-state index contributed by atoms with van der Waals surface area (Å²) in [6.07, 6.45) is 4.44. The van der Waals surface area contributed by atoms with Crippen LogP contribution in [0.15, 0.2) is 0 Å². The smallest absolute Gasteiger partial charge is 0.408 e. The van der Waals surface area contributed by atoms with Gasteiger partial charge in [-0.15, -0.1) is 23.2 Å². The van der Waals surface area contributed by atoms with Gasteiger partial charge < -0.3 is 26.0 Å². The van der Waals surface area contributed by atoms with Crippen LogP contribution in [-0.2, 0) is 23.9 Å². The number of nitrogens with one attached hydrogen (secondary N) is 2. The summed E-state index contributed by atoms with van der Waals surface area (Å²) in [5, 5.41) is 5.36. The van der Waals surface area contributed by atoms with E-state index in [4.69, 9.17) is 33.7 Å². The molecule has 0 bridgehead atoms. The van der Waals surface area contributed by atoms with Crippen LogP contribution in [0.4, 0.5) is 4.79 Å². The van der Waals surface area contributed by atoms with Crippen molar-refractivity contribution in [1.29, 1.82) is 0 Å². The predicted molar refractivity (Wildman–Crippen MR) is 138 cm³/mol. The number of alkyl halides is 2. The molecule has 5 atom stereocenters. The van der Waals surface area contributed by atoms with Crippen molar-refractivity contribution in [2.24, 2.45) is 23.5 Å². The van der Waals surface area contributed by atoms with Crippen LogP contribution in [0.25, 0.3) is 0 Å². The Kier molecular flexibility index (Phi) is 9.05. The topological polar surface area (TPSA) is 148 Å². The fourth-order valence-electron chi connectivity index (χ4n) is 5.58. The van der Waals surface area contributed by atoms with Crippen LogP contribution in [0.2, 0.25) is 0 Å². The Morgan fingerprint density at radius 1 is 1.08 bits per heavy atom. The van der Waals surface area contributed by atoms with Crippen molar-refractivity contribution >= 4 is 52.8 Å². The zero-order chi connectivity index (χ0) is 27.7. The number of ether oxygens (including phenoxy) is 1. The molecule has 1 saturated heterocycles. The normalized spacial score (nSPS) is 26.4. The van der Waals surface area contributed by atoms with Gasteiger partial charge in [0.05, 0.1) is 6.04 Å². The summed E-state index contributed by atoms with van der Waals surface area (Å²) in [5.74, 6) is -4.09. The van der Waals surface area contributed by atoms with Crippen LogP contribution in [0.1, 0.15) is 72.6 Å². The second-order valence-electron chi connectivity index (χ2n) is 11.3. The van der Waals surface area contributed by atoms with E-state index < -0.39 is 63.6 Å². The third kappa shape index (κ3) is 6.69. The highest BCUT2D eigenvalue weighted by Gasteiger charge is 2.74. The molecule has 3 aliphatic rings. The quantitative estimate of drug-likeness (QED) is 0.291. The number of nitrogens with zero attached hydrogens (tertiary/aromatic N) is 1. The van der Waals surface area contributed by atoms with Crippen LogP contribution >= 0.6 is 23.2 Å². The molecule has 0 aromatic rings. The molecule has 4 amide bonds. The monoisotopic (exact) mass is 560 g/mol. The first-order chi connectivity index (χ1) is 17.2. The number of hydrogen-bond donors (Lipinski definition) is 3. The van der Waals surface area contributed by atoms with E-state index >= 15 is 0 Å². The number of Topliss-reactive ketones (excluding diaryl/α,β-unsaturated/α-hetero) is 1. The fourth-order valence-corrected chi connectivity index (χ4v) is 6.41. The summed E-state index contributed by atoms with van der Waals surface area (Å²) < 4.78 is 4.23. The van der Waals surface area contributed by atoms with Crippen LogP contribution < -0.4 is 16.4 Å². The number of primary amides is 1. The Bertz CT molecular complexity index is 931. The van der Waals surface area contributed by atoms with Gasteiger partial charge in [0.2, 0.25) is 17.6 Å². The Labute approximate surface area is 227 Å². The molecule has 2 saturated carbocycles. The number of nitrogens with two attached hydrogens (primary N) is 1. The van der Waals surface area contributed by atoms with Crippen molar-refractivity contribution in [3.05, 3.63) is 0 Å². The number of piperidine rings is 1. The van der Waals surface area contributed by atoms with Crippen LogP contribution in [0.3, 0.4) is 0 Å². The summed E-state index contributed by atoms with van der Waals surface area (Å²) in [6.45, 7) is 7.14. The minimum Gasteiger partial charge on any atom is -0.444 e. The number of likely N-dealkylation sites (tertiary alicyclic amines) is 1. The second-order valence-corrected chi connectivity index (χ2v) is 12.8. The number of carbonyl (C=O) groups excluding carboxylic acids is 5. The molecule has 1 heterocycles. The van der Waals surface area contributed by atoms with Crippen molar-refractivity contribution in [3.63, 3.8) is 0 Å². The lowest BCUT2D eigenvalue weighted by atomic mass is 9.83. The third-order valence-electron chi connectivity index (χ3n) is 7.40. The highest BCUT2D eigenvalue weighted by molar-refractivity contribution is 6.51. The van der Waals surface area contributed by atoms with Crippen molar-refractivity contribution in [3.8, 4) is 0 Å². The average molecular weight is 562 g/mol. The van der Waals surface area contributed by atoms with Gasteiger partial charge in [-0.2, -0.15) is 0 Å². The summed E-state index contributed by atoms with van der Waals surface area (Å²) in [5.41, 5.74) is 4.41. The Balaban J connectivity index is 1.85. The number of carbonyl (C=O) groups is 5. The van der Waals surface area contributed by atoms with Crippen molar-refractivity contribution in [2.75, 3.05) is 6.54 Å². The number of amides is 4. The van der Waals surface area contributed by atoms with Gasteiger partial charge >= 0.3 is 6.09 Å². The molecule has 208 valence electrons. The van der Waals surface area contributed by atoms with Crippen LogP contribution in [-0.4, -0.2) is 69.1 Å². The highest BCUT2D eigenvalue weighted by atomic mass is 35.5. The molecule has 12 heteroatoms. The van der Waals surface area contributed by atoms with Crippen molar-refractivity contribution < 1.29 is 28.7 Å². The number of halogens is 2. The van der Waals surface area contributed by atoms with Crippen LogP contribution in [0.5, 0.6) is 0 Å². The van der Waals surface area contributed by atoms with Crippen molar-refractivity contribution in [1.82, 2.24) is 15.5 Å². The standard InChI is InChI=1S/C25H38Cl2N4O6/c1-5-9-15(19(32)20(28)33)29-21(34)18-16-14(25(16,26)27)12-31(18)22(35)17(13-10-7-6-8-11-13)30-23(36)37-24(2,3)4/h13-18H,5-12H2,1-4H3,(H2,28,33)(H,29,34)(H,30,36)/t14-,15?,16-,17+,18+/m1/s1. The maximum atomic E-state index is 13.9. The summed E-state index contributed by atoms with van der Waals surface area (Å²) >= 11 is 12.9. The minimum absolute atomic E-state index is 0.115. The molecule has 3 fully saturated rings. The third-order valence-corrected chi connectivity index (χ3v) is 8.46. The fraction of sp³-hybridized carbons (Fsp3) is 0.800. The molecule has 2 aliphatic carbocycles. The van der Waals surface area contributed by atoms with E-state index in [0.717, 1.165) is 32.1 Å². The molecule has 0 spiro atoms. The van der Waals surface area contributed by atoms with E-state index in [9.17, 15) is 24.0 Å². The first kappa shape index (κ1) is 29.5. The Hall–Kier alpha value is -2.07. The van der Waals surface area contributed by atoms with E-state index in [1.54, 1.807) is 27.7 Å². The number of ketones is 1. The number of fused-ring (bicyclic) bond motifs is 1. The Morgan fingerprint density at radius 2 is 1.70 bits per heavy atom. The minimum atomic E-state index is -1.19. The van der Waals surface area contributed by atoms with Gasteiger partial charge in [0.15, 0.2) is 0 Å². The summed E-state index contributed by atoms with van der Waals surface area (Å²) in [7, 11) is 0. The largest absolute Gasteiger partial charge is 0.444 e. The maximum Gasteiger partial charge on any atom is 0.408 e. The lowest BCUT2D eigenvalue weighted by Crippen LogP contribution is -2.59. The maximum absolute atomic E-state index is 13.9. The predicted octanol–water partition coefficient (Wildman–Crippen LogP) is 2.43. The molecular weight excluding hydrogens is 523 g/mol. The molecule has 37 heavy (non-hydrogen) atoms. The molecule has 1 aliphatic heterocycles. The lowest BCUT2D eigenvalue weighted by molar-refractivity contribution is -0.144. The van der Waals surface area contributed by atoms with Gasteiger partial charge in [-0.1, -0.05) is 32.6 Å². The Morgan fingerprint density at radius 3 is 2.24 bits per heavy atom. The number of hydrogen-bond acceptors (Lipinski definition) is 6. The zero-order valence-corrected chi connectivity index (χ0v) is 23.4. The molecule has 0 radical (unpaired) electrons. The SMILES string of the molecule is CCCC(NC(=O)[C@@H]1[C@H]2[C@@H](CN1C(=O)[C@@H](NC(=O)OC(C)(C)C)C1CCCCC1)C2(Cl)Cl)C(=O)C(N)=O. The molecule has 4 N–H and O–H groups in total. The van der Waals surface area contributed by atoms with Gasteiger partial charge in [-0.3, -0.25) is 19.2 Å². The lowest BCUT2D eigenvalue weighted by Gasteiger charge is -2.36. The van der Waals surface area contributed by atoms with Crippen LogP contribution in [0, 0.1) is 17.8 Å². The van der Waals surface area contributed by atoms with Gasteiger partial charge in [-0.05, 0) is 46.0 Å².